The van der Waals surface area contributed by atoms with Crippen molar-refractivity contribution in [3.8, 4) is 11.5 Å². The molecule has 0 radical (unpaired) electrons. The van der Waals surface area contributed by atoms with Gasteiger partial charge in [0.2, 0.25) is 0 Å². The van der Waals surface area contributed by atoms with Gasteiger partial charge in [0.1, 0.15) is 11.5 Å². The van der Waals surface area contributed by atoms with Crippen LogP contribution in [0.15, 0.2) is 48.5 Å². The van der Waals surface area contributed by atoms with Crippen LogP contribution in [0.3, 0.4) is 0 Å². The zero-order valence-electron chi connectivity index (χ0n) is 15.1. The maximum atomic E-state index is 5.41. The summed E-state index contributed by atoms with van der Waals surface area (Å²) in [7, 11) is 7.42. The lowest BCUT2D eigenvalue weighted by atomic mass is 10.1. The summed E-state index contributed by atoms with van der Waals surface area (Å²) in [5, 5.41) is 7.04. The van der Waals surface area contributed by atoms with Crippen molar-refractivity contribution in [3.63, 3.8) is 0 Å². The zero-order valence-corrected chi connectivity index (χ0v) is 15.9. The van der Waals surface area contributed by atoms with Gasteiger partial charge in [-0.25, -0.2) is 0 Å². The monoisotopic (exact) mass is 359 g/mol. The van der Waals surface area contributed by atoms with E-state index < -0.39 is 0 Å². The SMILES string of the molecule is COc1ccc([C@@H](CNC(=S)Nc2cccc(OC)c2)N(C)C)cc1. The Morgan fingerprint density at radius 3 is 2.32 bits per heavy atom. The third-order valence-corrected chi connectivity index (χ3v) is 4.15. The number of thiocarbonyl (C=S) groups is 1. The van der Waals surface area contributed by atoms with Gasteiger partial charge in [0.05, 0.1) is 20.3 Å². The summed E-state index contributed by atoms with van der Waals surface area (Å²) in [6.45, 7) is 0.690. The van der Waals surface area contributed by atoms with Crippen LogP contribution in [0, 0.1) is 0 Å². The predicted molar refractivity (Wildman–Crippen MR) is 107 cm³/mol. The summed E-state index contributed by atoms with van der Waals surface area (Å²) in [6.07, 6.45) is 0. The molecule has 1 atom stereocenters. The van der Waals surface area contributed by atoms with Crippen LogP contribution in [0.4, 0.5) is 5.69 Å². The zero-order chi connectivity index (χ0) is 18.2. The Kier molecular flexibility index (Phi) is 7.03. The lowest BCUT2D eigenvalue weighted by molar-refractivity contribution is 0.299. The van der Waals surface area contributed by atoms with E-state index in [0.29, 0.717) is 11.7 Å². The van der Waals surface area contributed by atoms with Gasteiger partial charge in [-0.1, -0.05) is 18.2 Å². The summed E-state index contributed by atoms with van der Waals surface area (Å²) < 4.78 is 10.4. The Morgan fingerprint density at radius 2 is 1.72 bits per heavy atom. The van der Waals surface area contributed by atoms with E-state index in [1.165, 1.54) is 5.56 Å². The molecule has 0 fully saturated rings. The van der Waals surface area contributed by atoms with Crippen molar-refractivity contribution in [1.82, 2.24) is 10.2 Å². The number of nitrogens with zero attached hydrogens (tertiary/aromatic N) is 1. The fourth-order valence-electron chi connectivity index (χ4n) is 2.49. The van der Waals surface area contributed by atoms with Crippen LogP contribution in [0.2, 0.25) is 0 Å². The first-order valence-electron chi connectivity index (χ1n) is 8.02. The van der Waals surface area contributed by atoms with Gasteiger partial charge in [0.25, 0.3) is 0 Å². The van der Waals surface area contributed by atoms with Gasteiger partial charge < -0.3 is 25.0 Å². The minimum absolute atomic E-state index is 0.191. The van der Waals surface area contributed by atoms with Gasteiger partial charge in [-0.05, 0) is 56.1 Å². The summed E-state index contributed by atoms with van der Waals surface area (Å²) in [4.78, 5) is 2.16. The number of hydrogen-bond acceptors (Lipinski definition) is 4. The second-order valence-corrected chi connectivity index (χ2v) is 6.23. The number of ether oxygens (including phenoxy) is 2. The number of benzene rings is 2. The molecule has 0 heterocycles. The number of anilines is 1. The Labute approximate surface area is 154 Å². The average Bonchev–Trinajstić information content (AvgIpc) is 2.62. The number of nitrogens with one attached hydrogen (secondary N) is 2. The first kappa shape index (κ1) is 19.0. The summed E-state index contributed by atoms with van der Waals surface area (Å²) in [5.74, 6) is 1.64. The molecule has 0 aromatic heterocycles. The van der Waals surface area contributed by atoms with Crippen LogP contribution in [-0.4, -0.2) is 44.9 Å². The Hall–Kier alpha value is -2.31. The molecule has 0 aliphatic rings. The van der Waals surface area contributed by atoms with E-state index in [1.807, 2.05) is 36.4 Å². The van der Waals surface area contributed by atoms with Gasteiger partial charge in [-0.15, -0.1) is 0 Å². The van der Waals surface area contributed by atoms with Crippen molar-refractivity contribution in [1.29, 1.82) is 0 Å². The van der Waals surface area contributed by atoms with Crippen molar-refractivity contribution < 1.29 is 9.47 Å². The van der Waals surface area contributed by atoms with Crippen molar-refractivity contribution in [3.05, 3.63) is 54.1 Å². The highest BCUT2D eigenvalue weighted by Gasteiger charge is 2.14. The highest BCUT2D eigenvalue weighted by molar-refractivity contribution is 7.80. The van der Waals surface area contributed by atoms with Crippen LogP contribution in [0.5, 0.6) is 11.5 Å². The molecular formula is C19H25N3O2S. The highest BCUT2D eigenvalue weighted by atomic mass is 32.1. The molecule has 134 valence electrons. The maximum absolute atomic E-state index is 5.41. The van der Waals surface area contributed by atoms with Crippen molar-refractivity contribution >= 4 is 23.0 Å². The van der Waals surface area contributed by atoms with Gasteiger partial charge in [0, 0.05) is 18.3 Å². The van der Waals surface area contributed by atoms with E-state index in [2.05, 4.69) is 41.8 Å². The molecule has 0 unspecified atom stereocenters. The number of hydrogen-bond donors (Lipinski definition) is 2. The van der Waals surface area contributed by atoms with Gasteiger partial charge in [-0.3, -0.25) is 0 Å². The van der Waals surface area contributed by atoms with E-state index in [4.69, 9.17) is 21.7 Å². The molecule has 25 heavy (non-hydrogen) atoms. The molecule has 0 spiro atoms. The smallest absolute Gasteiger partial charge is 0.170 e. The lowest BCUT2D eigenvalue weighted by Gasteiger charge is -2.26. The number of methoxy groups -OCH3 is 2. The second-order valence-electron chi connectivity index (χ2n) is 5.82. The van der Waals surface area contributed by atoms with Crippen molar-refractivity contribution in [2.75, 3.05) is 40.2 Å². The van der Waals surface area contributed by atoms with E-state index in [1.54, 1.807) is 14.2 Å². The molecule has 0 bridgehead atoms. The molecule has 6 heteroatoms. The summed E-state index contributed by atoms with van der Waals surface area (Å²) >= 11 is 5.41. The Morgan fingerprint density at radius 1 is 1.04 bits per heavy atom. The molecule has 0 aliphatic heterocycles. The topological polar surface area (TPSA) is 45.8 Å². The first-order chi connectivity index (χ1) is 12.0. The third-order valence-electron chi connectivity index (χ3n) is 3.91. The molecule has 0 saturated carbocycles. The molecule has 0 amide bonds. The van der Waals surface area contributed by atoms with Crippen LogP contribution in [0.1, 0.15) is 11.6 Å². The van der Waals surface area contributed by atoms with E-state index in [0.717, 1.165) is 17.2 Å². The maximum Gasteiger partial charge on any atom is 0.170 e. The number of likely N-dealkylation sites (N-methyl/N-ethyl adjacent to an activating group) is 1. The fraction of sp³-hybridized carbons (Fsp3) is 0.316. The molecule has 2 aromatic carbocycles. The molecule has 5 nitrogen and oxygen atoms in total. The summed E-state index contributed by atoms with van der Waals surface area (Å²) in [5.41, 5.74) is 2.09. The van der Waals surface area contributed by atoms with E-state index in [-0.39, 0.29) is 6.04 Å². The van der Waals surface area contributed by atoms with Crippen LogP contribution >= 0.6 is 12.2 Å². The third kappa shape index (κ3) is 5.62. The van der Waals surface area contributed by atoms with Gasteiger partial charge in [-0.2, -0.15) is 0 Å². The highest BCUT2D eigenvalue weighted by Crippen LogP contribution is 2.21. The normalized spacial score (nSPS) is 11.7. The van der Waals surface area contributed by atoms with Crippen molar-refractivity contribution in [2.24, 2.45) is 0 Å². The van der Waals surface area contributed by atoms with Gasteiger partial charge in [0.15, 0.2) is 5.11 Å². The van der Waals surface area contributed by atoms with Crippen LogP contribution < -0.4 is 20.1 Å². The fourth-order valence-corrected chi connectivity index (χ4v) is 2.69. The largest absolute Gasteiger partial charge is 0.497 e. The molecule has 0 saturated heterocycles. The molecule has 0 aliphatic carbocycles. The quantitative estimate of drug-likeness (QED) is 0.740. The molecule has 2 aromatic rings. The standard InChI is InChI=1S/C19H25N3O2S/c1-22(2)18(14-8-10-16(23-3)11-9-14)13-20-19(25)21-15-6-5-7-17(12-15)24-4/h5-12,18H,13H2,1-4H3,(H2,20,21,25)/t18-/m1/s1. The molecule has 2 rings (SSSR count). The van der Waals surface area contributed by atoms with E-state index in [9.17, 15) is 0 Å². The lowest BCUT2D eigenvalue weighted by Crippen LogP contribution is -2.36. The van der Waals surface area contributed by atoms with Crippen LogP contribution in [-0.2, 0) is 0 Å². The molecule has 2 N–H and O–H groups in total. The predicted octanol–water partition coefficient (Wildman–Crippen LogP) is 3.29. The second kappa shape index (κ2) is 9.25. The average molecular weight is 359 g/mol. The van der Waals surface area contributed by atoms with Crippen LogP contribution in [0.25, 0.3) is 0 Å². The number of rotatable bonds is 7. The van der Waals surface area contributed by atoms with E-state index >= 15 is 0 Å². The first-order valence-corrected chi connectivity index (χ1v) is 8.43. The van der Waals surface area contributed by atoms with Crippen molar-refractivity contribution in [2.45, 2.75) is 6.04 Å². The Balaban J connectivity index is 1.96. The molecular weight excluding hydrogens is 334 g/mol. The Bertz CT molecular complexity index is 689. The minimum Gasteiger partial charge on any atom is -0.497 e. The summed E-state index contributed by atoms with van der Waals surface area (Å²) in [6, 6.07) is 15.9. The van der Waals surface area contributed by atoms with Gasteiger partial charge >= 0.3 is 0 Å². The minimum atomic E-state index is 0.191.